The van der Waals surface area contributed by atoms with Crippen LogP contribution in [0, 0.1) is 17.6 Å². The van der Waals surface area contributed by atoms with Gasteiger partial charge in [-0.1, -0.05) is 0 Å². The highest BCUT2D eigenvalue weighted by molar-refractivity contribution is 7.89. The van der Waals surface area contributed by atoms with E-state index in [1.165, 1.54) is 4.31 Å². The first kappa shape index (κ1) is 16.3. The average molecular weight is 318 g/mol. The van der Waals surface area contributed by atoms with Gasteiger partial charge in [-0.2, -0.15) is 4.31 Å². The fourth-order valence-corrected chi connectivity index (χ4v) is 4.15. The molecule has 1 fully saturated rings. The van der Waals surface area contributed by atoms with Crippen LogP contribution >= 0.6 is 0 Å². The molecule has 0 radical (unpaired) electrons. The van der Waals surface area contributed by atoms with Crippen LogP contribution < -0.4 is 5.32 Å². The summed E-state index contributed by atoms with van der Waals surface area (Å²) in [4.78, 5) is -0.573. The summed E-state index contributed by atoms with van der Waals surface area (Å²) in [6, 6.07) is 2.51. The van der Waals surface area contributed by atoms with Gasteiger partial charge < -0.3 is 5.32 Å². The highest BCUT2D eigenvalue weighted by atomic mass is 32.2. The van der Waals surface area contributed by atoms with Crippen molar-refractivity contribution in [3.05, 3.63) is 29.8 Å². The Kier molecular flexibility index (Phi) is 5.29. The molecule has 1 aromatic carbocycles. The zero-order chi connectivity index (χ0) is 15.5. The van der Waals surface area contributed by atoms with Gasteiger partial charge >= 0.3 is 0 Å². The SMILES string of the molecule is CNCCC1CCN(S(=O)(=O)c2cc(F)ccc2F)CC1. The maximum Gasteiger partial charge on any atom is 0.246 e. The topological polar surface area (TPSA) is 49.4 Å². The molecular formula is C14H20F2N2O2S. The maximum absolute atomic E-state index is 13.7. The molecule has 1 heterocycles. The molecule has 118 valence electrons. The van der Waals surface area contributed by atoms with Crippen LogP contribution in [-0.2, 0) is 10.0 Å². The van der Waals surface area contributed by atoms with Crippen LogP contribution in [-0.4, -0.2) is 39.4 Å². The number of benzene rings is 1. The van der Waals surface area contributed by atoms with Crippen LogP contribution in [0.2, 0.25) is 0 Å². The van der Waals surface area contributed by atoms with Gasteiger partial charge in [0.05, 0.1) is 0 Å². The van der Waals surface area contributed by atoms with E-state index in [1.807, 2.05) is 7.05 Å². The van der Waals surface area contributed by atoms with Gasteiger partial charge in [0.15, 0.2) is 0 Å². The number of sulfonamides is 1. The van der Waals surface area contributed by atoms with Crippen LogP contribution in [0.3, 0.4) is 0 Å². The van der Waals surface area contributed by atoms with Gasteiger partial charge in [0.1, 0.15) is 16.5 Å². The molecule has 0 atom stereocenters. The third-order valence-electron chi connectivity index (χ3n) is 3.89. The van der Waals surface area contributed by atoms with E-state index in [2.05, 4.69) is 5.32 Å². The first-order valence-corrected chi connectivity index (χ1v) is 8.49. The van der Waals surface area contributed by atoms with E-state index >= 15 is 0 Å². The van der Waals surface area contributed by atoms with Crippen molar-refractivity contribution in [2.24, 2.45) is 5.92 Å². The Hall–Kier alpha value is -1.05. The van der Waals surface area contributed by atoms with E-state index < -0.39 is 26.6 Å². The van der Waals surface area contributed by atoms with Gasteiger partial charge in [0.25, 0.3) is 0 Å². The largest absolute Gasteiger partial charge is 0.320 e. The molecule has 0 amide bonds. The van der Waals surface area contributed by atoms with Crippen molar-refractivity contribution in [2.45, 2.75) is 24.2 Å². The number of nitrogens with zero attached hydrogens (tertiary/aromatic N) is 1. The molecule has 0 aliphatic carbocycles. The molecule has 2 rings (SSSR count). The summed E-state index contributed by atoms with van der Waals surface area (Å²) in [5, 5.41) is 3.07. The monoisotopic (exact) mass is 318 g/mol. The standard InChI is InChI=1S/C14H20F2N2O2S/c1-17-7-4-11-5-8-18(9-6-11)21(19,20)14-10-12(15)2-3-13(14)16/h2-3,10-11,17H,4-9H2,1H3. The molecule has 0 saturated carbocycles. The fourth-order valence-electron chi connectivity index (χ4n) is 2.60. The Bertz CT molecular complexity index is 585. The molecule has 0 bridgehead atoms. The number of piperidine rings is 1. The average Bonchev–Trinajstić information content (AvgIpc) is 2.48. The number of rotatable bonds is 5. The van der Waals surface area contributed by atoms with Crippen LogP contribution in [0.1, 0.15) is 19.3 Å². The zero-order valence-electron chi connectivity index (χ0n) is 12.0. The Labute approximate surface area is 124 Å². The second-order valence-electron chi connectivity index (χ2n) is 5.31. The summed E-state index contributed by atoms with van der Waals surface area (Å²) in [6.07, 6.45) is 2.49. The van der Waals surface area contributed by atoms with Gasteiger partial charge in [-0.3, -0.25) is 0 Å². The molecule has 1 aliphatic heterocycles. The van der Waals surface area contributed by atoms with Gasteiger partial charge in [0, 0.05) is 13.1 Å². The van der Waals surface area contributed by atoms with Crippen molar-refractivity contribution in [2.75, 3.05) is 26.7 Å². The van der Waals surface area contributed by atoms with Crippen molar-refractivity contribution in [3.63, 3.8) is 0 Å². The lowest BCUT2D eigenvalue weighted by molar-refractivity contribution is 0.262. The lowest BCUT2D eigenvalue weighted by atomic mass is 9.95. The molecule has 0 spiro atoms. The van der Waals surface area contributed by atoms with Crippen molar-refractivity contribution < 1.29 is 17.2 Å². The van der Waals surface area contributed by atoms with Crippen molar-refractivity contribution >= 4 is 10.0 Å². The third-order valence-corrected chi connectivity index (χ3v) is 5.80. The molecule has 1 saturated heterocycles. The molecule has 4 nitrogen and oxygen atoms in total. The molecule has 21 heavy (non-hydrogen) atoms. The molecule has 1 N–H and O–H groups in total. The number of hydrogen-bond acceptors (Lipinski definition) is 3. The lowest BCUT2D eigenvalue weighted by Crippen LogP contribution is -2.39. The minimum Gasteiger partial charge on any atom is -0.320 e. The van der Waals surface area contributed by atoms with E-state index in [4.69, 9.17) is 0 Å². The summed E-state index contributed by atoms with van der Waals surface area (Å²) in [6.45, 7) is 1.61. The second kappa shape index (κ2) is 6.81. The maximum atomic E-state index is 13.7. The fraction of sp³-hybridized carbons (Fsp3) is 0.571. The molecule has 1 aromatic rings. The second-order valence-corrected chi connectivity index (χ2v) is 7.22. The van der Waals surface area contributed by atoms with Gasteiger partial charge in [0.2, 0.25) is 10.0 Å². The Morgan fingerprint density at radius 1 is 1.29 bits per heavy atom. The van der Waals surface area contributed by atoms with Gasteiger partial charge in [-0.15, -0.1) is 0 Å². The zero-order valence-corrected chi connectivity index (χ0v) is 12.8. The smallest absolute Gasteiger partial charge is 0.246 e. The van der Waals surface area contributed by atoms with E-state index in [1.54, 1.807) is 0 Å². The number of halogens is 2. The van der Waals surface area contributed by atoms with Crippen molar-refractivity contribution in [3.8, 4) is 0 Å². The Balaban J connectivity index is 2.10. The van der Waals surface area contributed by atoms with E-state index in [9.17, 15) is 17.2 Å². The summed E-state index contributed by atoms with van der Waals surface area (Å²) >= 11 is 0. The molecule has 7 heteroatoms. The Morgan fingerprint density at radius 3 is 2.57 bits per heavy atom. The van der Waals surface area contributed by atoms with E-state index in [0.717, 1.165) is 44.0 Å². The normalized spacial score (nSPS) is 18.0. The van der Waals surface area contributed by atoms with Crippen LogP contribution in [0.15, 0.2) is 23.1 Å². The Morgan fingerprint density at radius 2 is 1.95 bits per heavy atom. The minimum absolute atomic E-state index is 0.354. The van der Waals surface area contributed by atoms with Crippen molar-refractivity contribution in [1.82, 2.24) is 9.62 Å². The van der Waals surface area contributed by atoms with E-state index in [0.29, 0.717) is 19.0 Å². The van der Waals surface area contributed by atoms with Crippen molar-refractivity contribution in [1.29, 1.82) is 0 Å². The first-order chi connectivity index (χ1) is 9.95. The predicted molar refractivity (Wildman–Crippen MR) is 76.4 cm³/mol. The van der Waals surface area contributed by atoms with E-state index in [-0.39, 0.29) is 0 Å². The molecule has 1 aliphatic rings. The van der Waals surface area contributed by atoms with Crippen LogP contribution in [0.4, 0.5) is 8.78 Å². The van der Waals surface area contributed by atoms with Gasteiger partial charge in [-0.25, -0.2) is 17.2 Å². The lowest BCUT2D eigenvalue weighted by Gasteiger charge is -2.31. The minimum atomic E-state index is -3.96. The summed E-state index contributed by atoms with van der Waals surface area (Å²) in [5.41, 5.74) is 0. The molecule has 0 unspecified atom stereocenters. The highest BCUT2D eigenvalue weighted by Gasteiger charge is 2.31. The quantitative estimate of drug-likeness (QED) is 0.903. The predicted octanol–water partition coefficient (Wildman–Crippen LogP) is 1.97. The van der Waals surface area contributed by atoms with Gasteiger partial charge in [-0.05, 0) is 57.0 Å². The summed E-state index contributed by atoms with van der Waals surface area (Å²) in [7, 11) is -2.08. The molecular weight excluding hydrogens is 298 g/mol. The summed E-state index contributed by atoms with van der Waals surface area (Å²) in [5.74, 6) is -1.19. The third kappa shape index (κ3) is 3.78. The van der Waals surface area contributed by atoms with Crippen LogP contribution in [0.25, 0.3) is 0 Å². The number of hydrogen-bond donors (Lipinski definition) is 1. The first-order valence-electron chi connectivity index (χ1n) is 7.05. The molecule has 0 aromatic heterocycles. The van der Waals surface area contributed by atoms with Crippen LogP contribution in [0.5, 0.6) is 0 Å². The summed E-state index contributed by atoms with van der Waals surface area (Å²) < 4.78 is 52.9. The highest BCUT2D eigenvalue weighted by Crippen LogP contribution is 2.27. The number of nitrogens with one attached hydrogen (secondary N) is 1.